The molecule has 0 bridgehead atoms. The second-order valence-electron chi connectivity index (χ2n) is 11.5. The summed E-state index contributed by atoms with van der Waals surface area (Å²) in [6.45, 7) is 10.6. The van der Waals surface area contributed by atoms with Crippen molar-refractivity contribution in [2.24, 2.45) is 11.3 Å². The van der Waals surface area contributed by atoms with Crippen molar-refractivity contribution < 1.29 is 23.9 Å². The fourth-order valence-corrected chi connectivity index (χ4v) is 5.22. The number of ketones is 1. The molecule has 1 aromatic rings. The molecule has 1 atom stereocenters. The van der Waals surface area contributed by atoms with Gasteiger partial charge in [0.25, 0.3) is 0 Å². The highest BCUT2D eigenvalue weighted by atomic mass is 16.6. The Balaban J connectivity index is 1.28. The summed E-state index contributed by atoms with van der Waals surface area (Å²) in [5.41, 5.74) is 0.350. The van der Waals surface area contributed by atoms with Crippen LogP contribution in [0.3, 0.4) is 0 Å². The predicted octanol–water partition coefficient (Wildman–Crippen LogP) is 2.44. The van der Waals surface area contributed by atoms with E-state index in [1.165, 1.54) is 0 Å². The number of ether oxygens (including phenoxy) is 1. The van der Waals surface area contributed by atoms with Crippen molar-refractivity contribution in [2.45, 2.75) is 71.3 Å². The van der Waals surface area contributed by atoms with Crippen molar-refractivity contribution in [1.82, 2.24) is 15.2 Å². The Kier molecular flexibility index (Phi) is 7.38. The van der Waals surface area contributed by atoms with Gasteiger partial charge in [0, 0.05) is 45.1 Å². The molecule has 0 saturated carbocycles. The number of nitrogens with one attached hydrogen (secondary N) is 1. The number of aromatic nitrogens is 1. The minimum absolute atomic E-state index is 0.0251. The Morgan fingerprint density at radius 2 is 1.75 bits per heavy atom. The minimum Gasteiger partial charge on any atom is -0.460 e. The van der Waals surface area contributed by atoms with E-state index in [1.807, 2.05) is 38.7 Å². The molecule has 4 heterocycles. The number of hydrogen-bond acceptors (Lipinski definition) is 7. The van der Waals surface area contributed by atoms with Crippen molar-refractivity contribution in [3.63, 3.8) is 0 Å². The second-order valence-corrected chi connectivity index (χ2v) is 11.5. The molecule has 0 spiro atoms. The highest BCUT2D eigenvalue weighted by Gasteiger charge is 2.42. The lowest BCUT2D eigenvalue weighted by Gasteiger charge is -2.41. The minimum atomic E-state index is -0.821. The number of Topliss-reactive ketones (excluding diaryl/α,β-unsaturated/α-hetero) is 1. The molecule has 3 aliphatic heterocycles. The third kappa shape index (κ3) is 5.71. The SMILES string of the molecule is CC(C)(C)OC(=O)C1(C)CCN(C(=O)C2CCN(c3ccc(C4C(=O)CCNC4=O)nc3)CC2)CC1. The number of carbonyl (C=O) groups excluding carboxylic acids is 4. The molecule has 4 rings (SSSR count). The van der Waals surface area contributed by atoms with Gasteiger partial charge in [-0.05, 0) is 65.5 Å². The number of amides is 2. The number of hydrogen-bond donors (Lipinski definition) is 1. The number of rotatable bonds is 4. The normalized spacial score (nSPS) is 23.3. The highest BCUT2D eigenvalue weighted by Crippen LogP contribution is 2.35. The van der Waals surface area contributed by atoms with E-state index in [-0.39, 0.29) is 29.5 Å². The van der Waals surface area contributed by atoms with Crippen LogP contribution in [0, 0.1) is 11.3 Å². The topological polar surface area (TPSA) is 109 Å². The van der Waals surface area contributed by atoms with Gasteiger partial charge in [-0.3, -0.25) is 24.2 Å². The van der Waals surface area contributed by atoms with Crippen LogP contribution in [0.4, 0.5) is 5.69 Å². The van der Waals surface area contributed by atoms with Gasteiger partial charge in [-0.2, -0.15) is 0 Å². The first-order valence-electron chi connectivity index (χ1n) is 13.0. The predicted molar refractivity (Wildman–Crippen MR) is 134 cm³/mol. The number of esters is 1. The molecular weight excluding hydrogens is 460 g/mol. The molecule has 3 fully saturated rings. The quantitative estimate of drug-likeness (QED) is 0.502. The molecule has 2 amide bonds. The van der Waals surface area contributed by atoms with Crippen LogP contribution >= 0.6 is 0 Å². The molecule has 36 heavy (non-hydrogen) atoms. The van der Waals surface area contributed by atoms with Crippen LogP contribution in [-0.4, -0.2) is 71.8 Å². The smallest absolute Gasteiger partial charge is 0.312 e. The van der Waals surface area contributed by atoms with Gasteiger partial charge in [0.05, 0.1) is 23.0 Å². The van der Waals surface area contributed by atoms with Crippen molar-refractivity contribution in [1.29, 1.82) is 0 Å². The van der Waals surface area contributed by atoms with Gasteiger partial charge in [0.2, 0.25) is 11.8 Å². The number of nitrogens with zero attached hydrogens (tertiary/aromatic N) is 3. The number of likely N-dealkylation sites (tertiary alicyclic amines) is 1. The number of piperidine rings is 3. The lowest BCUT2D eigenvalue weighted by Crippen LogP contribution is -2.49. The third-order valence-corrected chi connectivity index (χ3v) is 7.60. The number of pyridine rings is 1. The molecule has 1 aromatic heterocycles. The van der Waals surface area contributed by atoms with E-state index < -0.39 is 16.9 Å². The summed E-state index contributed by atoms with van der Waals surface area (Å²) in [5, 5.41) is 2.73. The summed E-state index contributed by atoms with van der Waals surface area (Å²) in [6.07, 6.45) is 4.79. The van der Waals surface area contributed by atoms with E-state index in [0.717, 1.165) is 31.6 Å². The van der Waals surface area contributed by atoms with Crippen molar-refractivity contribution in [3.8, 4) is 0 Å². The molecule has 3 aliphatic rings. The summed E-state index contributed by atoms with van der Waals surface area (Å²) in [5.74, 6) is -1.22. The standard InChI is InChI=1S/C27H38N4O5/c1-26(2,3)36-25(35)27(4)10-15-31(16-11-27)24(34)18-8-13-30(14-9-18)19-5-6-20(29-17-19)22-21(32)7-12-28-23(22)33/h5-6,17-18,22H,7-16H2,1-4H3,(H,28,33). The number of carbonyl (C=O) groups is 4. The van der Waals surface area contributed by atoms with Gasteiger partial charge in [0.15, 0.2) is 5.78 Å². The molecule has 0 aromatic carbocycles. The van der Waals surface area contributed by atoms with E-state index in [4.69, 9.17) is 4.74 Å². The van der Waals surface area contributed by atoms with Gasteiger partial charge in [0.1, 0.15) is 11.5 Å². The van der Waals surface area contributed by atoms with Gasteiger partial charge < -0.3 is 19.9 Å². The second kappa shape index (κ2) is 10.2. The Bertz CT molecular complexity index is 984. The lowest BCUT2D eigenvalue weighted by molar-refractivity contribution is -0.170. The van der Waals surface area contributed by atoms with Crippen molar-refractivity contribution in [3.05, 3.63) is 24.0 Å². The molecule has 3 saturated heterocycles. The summed E-state index contributed by atoms with van der Waals surface area (Å²) >= 11 is 0. The van der Waals surface area contributed by atoms with Crippen LogP contribution < -0.4 is 10.2 Å². The van der Waals surface area contributed by atoms with Gasteiger partial charge in [-0.15, -0.1) is 0 Å². The maximum Gasteiger partial charge on any atom is 0.312 e. The zero-order valence-electron chi connectivity index (χ0n) is 21.8. The first kappa shape index (κ1) is 26.1. The van der Waals surface area contributed by atoms with Crippen LogP contribution in [0.2, 0.25) is 0 Å². The molecule has 1 N–H and O–H groups in total. The van der Waals surface area contributed by atoms with Gasteiger partial charge in [-0.25, -0.2) is 0 Å². The first-order valence-corrected chi connectivity index (χ1v) is 13.0. The average Bonchev–Trinajstić information content (AvgIpc) is 2.83. The molecule has 196 valence electrons. The van der Waals surface area contributed by atoms with Crippen molar-refractivity contribution in [2.75, 3.05) is 37.6 Å². The van der Waals surface area contributed by atoms with Crippen LogP contribution in [0.1, 0.15) is 71.4 Å². The summed E-state index contributed by atoms with van der Waals surface area (Å²) in [4.78, 5) is 58.7. The Morgan fingerprint density at radius 3 is 2.31 bits per heavy atom. The van der Waals surface area contributed by atoms with E-state index in [0.29, 0.717) is 44.6 Å². The maximum atomic E-state index is 13.2. The van der Waals surface area contributed by atoms with E-state index >= 15 is 0 Å². The Hall–Kier alpha value is -2.97. The summed E-state index contributed by atoms with van der Waals surface area (Å²) in [6, 6.07) is 3.66. The third-order valence-electron chi connectivity index (χ3n) is 7.60. The zero-order valence-corrected chi connectivity index (χ0v) is 21.8. The van der Waals surface area contributed by atoms with Crippen LogP contribution in [0.5, 0.6) is 0 Å². The fraction of sp³-hybridized carbons (Fsp3) is 0.667. The van der Waals surface area contributed by atoms with E-state index in [1.54, 1.807) is 12.3 Å². The van der Waals surface area contributed by atoms with E-state index in [2.05, 4.69) is 15.2 Å². The Labute approximate surface area is 212 Å². The molecular formula is C27H38N4O5. The van der Waals surface area contributed by atoms with Gasteiger partial charge >= 0.3 is 5.97 Å². The number of anilines is 1. The van der Waals surface area contributed by atoms with Crippen LogP contribution in [-0.2, 0) is 23.9 Å². The molecule has 0 aliphatic carbocycles. The summed E-state index contributed by atoms with van der Waals surface area (Å²) in [7, 11) is 0. The largest absolute Gasteiger partial charge is 0.460 e. The Morgan fingerprint density at radius 1 is 1.08 bits per heavy atom. The maximum absolute atomic E-state index is 13.2. The van der Waals surface area contributed by atoms with Crippen molar-refractivity contribution >= 4 is 29.3 Å². The zero-order chi connectivity index (χ0) is 26.1. The van der Waals surface area contributed by atoms with Crippen LogP contribution in [0.25, 0.3) is 0 Å². The highest BCUT2D eigenvalue weighted by molar-refractivity contribution is 6.08. The average molecular weight is 499 g/mol. The fourth-order valence-electron chi connectivity index (χ4n) is 5.22. The molecule has 9 heteroatoms. The van der Waals surface area contributed by atoms with Gasteiger partial charge in [-0.1, -0.05) is 0 Å². The monoisotopic (exact) mass is 498 g/mol. The lowest BCUT2D eigenvalue weighted by atomic mass is 9.79. The summed E-state index contributed by atoms with van der Waals surface area (Å²) < 4.78 is 5.61. The molecule has 0 radical (unpaired) electrons. The molecule has 9 nitrogen and oxygen atoms in total. The van der Waals surface area contributed by atoms with Crippen LogP contribution in [0.15, 0.2) is 18.3 Å². The van der Waals surface area contributed by atoms with E-state index in [9.17, 15) is 19.2 Å². The first-order chi connectivity index (χ1) is 17.0. The molecule has 1 unspecified atom stereocenters.